The highest BCUT2D eigenvalue weighted by atomic mass is 32.2. The van der Waals surface area contributed by atoms with Gasteiger partial charge in [-0.15, -0.1) is 0 Å². The van der Waals surface area contributed by atoms with Gasteiger partial charge < -0.3 is 20.6 Å². The third kappa shape index (κ3) is 8.53. The molecular formula is C32H37F2N3O4S. The van der Waals surface area contributed by atoms with Crippen LogP contribution in [0.4, 0.5) is 14.5 Å². The van der Waals surface area contributed by atoms with E-state index in [1.165, 1.54) is 17.7 Å². The number of rotatable bonds is 13. The molecule has 0 fully saturated rings. The molecular weight excluding hydrogens is 560 g/mol. The van der Waals surface area contributed by atoms with Crippen molar-refractivity contribution in [2.24, 2.45) is 0 Å². The van der Waals surface area contributed by atoms with E-state index in [0.717, 1.165) is 29.3 Å². The van der Waals surface area contributed by atoms with E-state index in [2.05, 4.69) is 23.6 Å². The van der Waals surface area contributed by atoms with Gasteiger partial charge in [0.05, 0.1) is 12.1 Å². The van der Waals surface area contributed by atoms with Gasteiger partial charge in [-0.2, -0.15) is 0 Å². The Labute approximate surface area is 247 Å². The molecule has 0 radical (unpaired) electrons. The average molecular weight is 598 g/mol. The summed E-state index contributed by atoms with van der Waals surface area (Å²) in [5, 5.41) is 17.0. The minimum absolute atomic E-state index is 0.00314. The van der Waals surface area contributed by atoms with Gasteiger partial charge in [-0.25, -0.2) is 8.78 Å². The second-order valence-electron chi connectivity index (χ2n) is 10.6. The number of carbonyl (C=O) groups is 2. The number of nitrogens with one attached hydrogen (secondary N) is 2. The van der Waals surface area contributed by atoms with Crippen molar-refractivity contribution in [3.63, 3.8) is 0 Å². The molecule has 0 aromatic heterocycles. The van der Waals surface area contributed by atoms with Crippen LogP contribution in [0.5, 0.6) is 0 Å². The molecule has 0 aliphatic carbocycles. The smallest absolute Gasteiger partial charge is 0.227 e. The van der Waals surface area contributed by atoms with Crippen molar-refractivity contribution in [2.75, 3.05) is 24.2 Å². The van der Waals surface area contributed by atoms with Gasteiger partial charge in [0.15, 0.2) is 0 Å². The Hall–Kier alpha value is -3.47. The fourth-order valence-corrected chi connectivity index (χ4v) is 5.75. The van der Waals surface area contributed by atoms with Crippen molar-refractivity contribution < 1.29 is 27.7 Å². The lowest BCUT2D eigenvalue weighted by Crippen LogP contribution is -2.48. The Bertz CT molecular complexity index is 1430. The first-order valence-corrected chi connectivity index (χ1v) is 15.7. The SMILES string of the molecule is CCc1cccc(CNCC(O)C(Cc2cc(F)cc(F)c2)NC(=O)CCC(=O)N2CCc3cc(S(C)=O)ccc32)c1. The number of amides is 2. The quantitative estimate of drug-likeness (QED) is 0.279. The van der Waals surface area contributed by atoms with E-state index in [1.54, 1.807) is 23.3 Å². The molecule has 3 atom stereocenters. The monoisotopic (exact) mass is 597 g/mol. The first-order valence-electron chi connectivity index (χ1n) is 14.1. The number of aliphatic hydroxyl groups is 1. The molecule has 3 aromatic carbocycles. The second-order valence-corrected chi connectivity index (χ2v) is 11.9. The van der Waals surface area contributed by atoms with Crippen molar-refractivity contribution in [1.82, 2.24) is 10.6 Å². The van der Waals surface area contributed by atoms with Crippen LogP contribution < -0.4 is 15.5 Å². The third-order valence-electron chi connectivity index (χ3n) is 7.42. The van der Waals surface area contributed by atoms with Crippen molar-refractivity contribution >= 4 is 28.3 Å². The zero-order chi connectivity index (χ0) is 30.2. The van der Waals surface area contributed by atoms with Crippen LogP contribution in [0.25, 0.3) is 0 Å². The third-order valence-corrected chi connectivity index (χ3v) is 8.33. The van der Waals surface area contributed by atoms with E-state index < -0.39 is 40.5 Å². The lowest BCUT2D eigenvalue weighted by Gasteiger charge is -2.25. The standard InChI is InChI=1S/C32H37F2N3O4S/c1-3-21-5-4-6-22(13-21)19-35-20-30(38)28(16-23-14-25(33)18-26(34)15-23)36-31(39)9-10-32(40)37-12-11-24-17-27(42(2)41)7-8-29(24)37/h4-8,13-15,17-18,28,30,35,38H,3,9-12,16,19-20H2,1-2H3,(H,36,39). The fraction of sp³-hybridized carbons (Fsp3) is 0.375. The Balaban J connectivity index is 1.37. The molecule has 7 nitrogen and oxygen atoms in total. The molecule has 0 bridgehead atoms. The first-order chi connectivity index (χ1) is 20.1. The molecule has 4 rings (SSSR count). The van der Waals surface area contributed by atoms with Crippen molar-refractivity contribution in [3.8, 4) is 0 Å². The second kappa shape index (κ2) is 14.6. The fourth-order valence-electron chi connectivity index (χ4n) is 5.18. The number of nitrogens with zero attached hydrogens (tertiary/aromatic N) is 1. The van der Waals surface area contributed by atoms with Crippen molar-refractivity contribution in [2.45, 2.75) is 62.6 Å². The summed E-state index contributed by atoms with van der Waals surface area (Å²) < 4.78 is 39.5. The van der Waals surface area contributed by atoms with E-state index in [0.29, 0.717) is 30.0 Å². The Morgan fingerprint density at radius 3 is 2.45 bits per heavy atom. The Kier molecular flexibility index (Phi) is 11.0. The number of carbonyl (C=O) groups excluding carboxylic acids is 2. The van der Waals surface area contributed by atoms with E-state index >= 15 is 0 Å². The predicted molar refractivity (Wildman–Crippen MR) is 160 cm³/mol. The highest BCUT2D eigenvalue weighted by Gasteiger charge is 2.27. The summed E-state index contributed by atoms with van der Waals surface area (Å²) in [6.45, 7) is 3.19. The van der Waals surface area contributed by atoms with Crippen molar-refractivity contribution in [3.05, 3.63) is 94.6 Å². The maximum Gasteiger partial charge on any atom is 0.227 e. The number of aryl methyl sites for hydroxylation is 1. The number of halogens is 2. The van der Waals surface area contributed by atoms with Gasteiger partial charge in [-0.3, -0.25) is 13.8 Å². The zero-order valence-corrected chi connectivity index (χ0v) is 24.7. The average Bonchev–Trinajstić information content (AvgIpc) is 3.38. The molecule has 1 aliphatic rings. The summed E-state index contributed by atoms with van der Waals surface area (Å²) in [5.41, 5.74) is 4.24. The van der Waals surface area contributed by atoms with Gasteiger partial charge in [0.1, 0.15) is 11.6 Å². The highest BCUT2D eigenvalue weighted by Crippen LogP contribution is 2.30. The van der Waals surface area contributed by atoms with E-state index in [4.69, 9.17) is 0 Å². The van der Waals surface area contributed by atoms with Gasteiger partial charge >= 0.3 is 0 Å². The Morgan fingerprint density at radius 1 is 1.00 bits per heavy atom. The number of hydrogen-bond donors (Lipinski definition) is 3. The van der Waals surface area contributed by atoms with E-state index in [-0.39, 0.29) is 31.7 Å². The number of hydrogen-bond acceptors (Lipinski definition) is 5. The molecule has 42 heavy (non-hydrogen) atoms. The molecule has 3 unspecified atom stereocenters. The van der Waals surface area contributed by atoms with Crippen LogP contribution in [-0.4, -0.2) is 52.6 Å². The zero-order valence-electron chi connectivity index (χ0n) is 23.9. The Morgan fingerprint density at radius 2 is 1.74 bits per heavy atom. The molecule has 1 heterocycles. The number of benzene rings is 3. The summed E-state index contributed by atoms with van der Waals surface area (Å²) in [4.78, 5) is 28.3. The van der Waals surface area contributed by atoms with Crippen LogP contribution in [0.1, 0.15) is 42.0 Å². The van der Waals surface area contributed by atoms with Crippen molar-refractivity contribution in [1.29, 1.82) is 0 Å². The molecule has 3 N–H and O–H groups in total. The molecule has 3 aromatic rings. The molecule has 0 saturated heterocycles. The summed E-state index contributed by atoms with van der Waals surface area (Å²) in [6.07, 6.45) is 1.94. The minimum atomic E-state index is -1.12. The molecule has 10 heteroatoms. The summed E-state index contributed by atoms with van der Waals surface area (Å²) in [5.74, 6) is -2.15. The molecule has 2 amide bonds. The van der Waals surface area contributed by atoms with Gasteiger partial charge in [-0.05, 0) is 71.8 Å². The van der Waals surface area contributed by atoms with Crippen LogP contribution in [0.15, 0.2) is 65.6 Å². The molecule has 0 saturated carbocycles. The first kappa shape index (κ1) is 31.5. The number of anilines is 1. The minimum Gasteiger partial charge on any atom is -0.390 e. The van der Waals surface area contributed by atoms with Gasteiger partial charge in [0, 0.05) is 66.2 Å². The largest absolute Gasteiger partial charge is 0.390 e. The van der Waals surface area contributed by atoms with Gasteiger partial charge in [0.2, 0.25) is 11.8 Å². The molecule has 224 valence electrons. The lowest BCUT2D eigenvalue weighted by molar-refractivity contribution is -0.126. The van der Waals surface area contributed by atoms with Gasteiger partial charge in [-0.1, -0.05) is 31.2 Å². The van der Waals surface area contributed by atoms with Crippen LogP contribution in [0.3, 0.4) is 0 Å². The normalized spacial score (nSPS) is 14.7. The van der Waals surface area contributed by atoms with Crippen LogP contribution in [-0.2, 0) is 46.2 Å². The predicted octanol–water partition coefficient (Wildman–Crippen LogP) is 3.81. The van der Waals surface area contributed by atoms with Crippen LogP contribution >= 0.6 is 0 Å². The van der Waals surface area contributed by atoms with Gasteiger partial charge in [0.25, 0.3) is 0 Å². The molecule has 1 aliphatic heterocycles. The van der Waals surface area contributed by atoms with Crippen LogP contribution in [0, 0.1) is 11.6 Å². The summed E-state index contributed by atoms with van der Waals surface area (Å²) in [6, 6.07) is 15.7. The number of fused-ring (bicyclic) bond motifs is 1. The van der Waals surface area contributed by atoms with Crippen LogP contribution in [0.2, 0.25) is 0 Å². The highest BCUT2D eigenvalue weighted by molar-refractivity contribution is 7.84. The van der Waals surface area contributed by atoms with E-state index in [1.807, 2.05) is 24.3 Å². The number of aliphatic hydroxyl groups excluding tert-OH is 1. The maximum absolute atomic E-state index is 13.9. The summed E-state index contributed by atoms with van der Waals surface area (Å²) in [7, 11) is -1.12. The maximum atomic E-state index is 13.9. The van der Waals surface area contributed by atoms with E-state index in [9.17, 15) is 27.7 Å². The topological polar surface area (TPSA) is 98.7 Å². The molecule has 0 spiro atoms. The summed E-state index contributed by atoms with van der Waals surface area (Å²) >= 11 is 0. The lowest BCUT2D eigenvalue weighted by atomic mass is 10.00.